The molecule has 0 bridgehead atoms. The van der Waals surface area contributed by atoms with Crippen molar-refractivity contribution in [1.82, 2.24) is 0 Å². The van der Waals surface area contributed by atoms with Crippen LogP contribution in [0, 0.1) is 0 Å². The molecule has 0 aliphatic heterocycles. The van der Waals surface area contributed by atoms with Gasteiger partial charge in [-0.25, -0.2) is 0 Å². The predicted octanol–water partition coefficient (Wildman–Crippen LogP) is 3.81. The highest BCUT2D eigenvalue weighted by Crippen LogP contribution is 2.24. The number of halogens is 3. The van der Waals surface area contributed by atoms with E-state index in [1.807, 2.05) is 42.5 Å². The van der Waals surface area contributed by atoms with Crippen molar-refractivity contribution in [1.29, 1.82) is 0 Å². The van der Waals surface area contributed by atoms with E-state index < -0.39 is 18.3 Å². The van der Waals surface area contributed by atoms with Crippen LogP contribution in [0.25, 0.3) is 10.8 Å². The second-order valence-corrected chi connectivity index (χ2v) is 4.73. The average Bonchev–Trinajstić information content (AvgIpc) is 2.42. The molecule has 5 heteroatoms. The van der Waals surface area contributed by atoms with Crippen molar-refractivity contribution >= 4 is 10.8 Å². The average molecular weight is 283 g/mol. The zero-order chi connectivity index (χ0) is 14.8. The Labute approximate surface area is 115 Å². The van der Waals surface area contributed by atoms with Gasteiger partial charge in [0.1, 0.15) is 0 Å². The summed E-state index contributed by atoms with van der Waals surface area (Å²) in [5.74, 6) is 0. The molecule has 108 valence electrons. The van der Waals surface area contributed by atoms with E-state index in [0.717, 1.165) is 23.3 Å². The van der Waals surface area contributed by atoms with Crippen LogP contribution in [0.2, 0.25) is 0 Å². The second kappa shape index (κ2) is 5.81. The van der Waals surface area contributed by atoms with E-state index in [4.69, 9.17) is 10.5 Å². The van der Waals surface area contributed by atoms with Gasteiger partial charge in [0.15, 0.2) is 6.10 Å². The molecule has 0 fully saturated rings. The van der Waals surface area contributed by atoms with Gasteiger partial charge in [0.2, 0.25) is 0 Å². The van der Waals surface area contributed by atoms with Crippen molar-refractivity contribution in [2.75, 3.05) is 6.61 Å². The Morgan fingerprint density at radius 1 is 1.10 bits per heavy atom. The highest BCUT2D eigenvalue weighted by molar-refractivity contribution is 5.83. The largest absolute Gasteiger partial charge is 0.414 e. The van der Waals surface area contributed by atoms with E-state index in [2.05, 4.69) is 0 Å². The van der Waals surface area contributed by atoms with Gasteiger partial charge in [-0.3, -0.25) is 0 Å². The van der Waals surface area contributed by atoms with Crippen LogP contribution < -0.4 is 5.73 Å². The van der Waals surface area contributed by atoms with Crippen molar-refractivity contribution in [3.8, 4) is 0 Å². The molecule has 0 amide bonds. The highest BCUT2D eigenvalue weighted by Gasteiger charge is 2.37. The molecule has 0 aliphatic rings. The van der Waals surface area contributed by atoms with Crippen molar-refractivity contribution in [2.24, 2.45) is 5.73 Å². The fourth-order valence-electron chi connectivity index (χ4n) is 1.88. The fourth-order valence-corrected chi connectivity index (χ4v) is 1.88. The number of ether oxygens (including phenoxy) is 1. The third-order valence-electron chi connectivity index (χ3n) is 3.19. The fraction of sp³-hybridized carbons (Fsp3) is 0.333. The summed E-state index contributed by atoms with van der Waals surface area (Å²) in [7, 11) is 0. The molecule has 0 spiro atoms. The van der Waals surface area contributed by atoms with Gasteiger partial charge in [0.25, 0.3) is 0 Å². The smallest absolute Gasteiger partial charge is 0.367 e. The molecule has 0 saturated heterocycles. The Balaban J connectivity index is 2.06. The lowest BCUT2D eigenvalue weighted by atomic mass is 10.0. The van der Waals surface area contributed by atoms with Gasteiger partial charge in [-0.1, -0.05) is 36.4 Å². The zero-order valence-corrected chi connectivity index (χ0v) is 11.0. The molecule has 2 N–H and O–H groups in total. The molecule has 0 saturated carbocycles. The molecule has 0 aromatic heterocycles. The summed E-state index contributed by atoms with van der Waals surface area (Å²) in [4.78, 5) is 0. The first-order valence-corrected chi connectivity index (χ1v) is 6.30. The number of rotatable bonds is 4. The summed E-state index contributed by atoms with van der Waals surface area (Å²) in [5.41, 5.74) is 6.65. The summed E-state index contributed by atoms with van der Waals surface area (Å²) in [5, 5.41) is 2.07. The Morgan fingerprint density at radius 3 is 2.40 bits per heavy atom. The van der Waals surface area contributed by atoms with Crippen LogP contribution >= 0.6 is 0 Å². The van der Waals surface area contributed by atoms with Gasteiger partial charge in [-0.2, -0.15) is 13.2 Å². The molecule has 2 aromatic rings. The van der Waals surface area contributed by atoms with Crippen molar-refractivity contribution in [3.63, 3.8) is 0 Å². The number of alkyl halides is 3. The molecular formula is C15H16F3NO. The predicted molar refractivity (Wildman–Crippen MR) is 72.3 cm³/mol. The van der Waals surface area contributed by atoms with Crippen LogP contribution in [0.4, 0.5) is 13.2 Å². The second-order valence-electron chi connectivity index (χ2n) is 4.73. The van der Waals surface area contributed by atoms with Gasteiger partial charge in [-0.15, -0.1) is 0 Å². The summed E-state index contributed by atoms with van der Waals surface area (Å²) < 4.78 is 41.8. The lowest BCUT2D eigenvalue weighted by Gasteiger charge is -2.19. The Hall–Kier alpha value is -1.59. The van der Waals surface area contributed by atoms with Crippen LogP contribution in [0.5, 0.6) is 0 Å². The first-order chi connectivity index (χ1) is 9.38. The van der Waals surface area contributed by atoms with Crippen LogP contribution in [-0.4, -0.2) is 18.9 Å². The molecule has 2 aromatic carbocycles. The van der Waals surface area contributed by atoms with Gasteiger partial charge in [-0.05, 0) is 29.3 Å². The first-order valence-electron chi connectivity index (χ1n) is 6.30. The minimum Gasteiger partial charge on any atom is -0.367 e. The molecule has 0 heterocycles. The monoisotopic (exact) mass is 283 g/mol. The first kappa shape index (κ1) is 14.8. The van der Waals surface area contributed by atoms with Gasteiger partial charge in [0, 0.05) is 0 Å². The van der Waals surface area contributed by atoms with Crippen LogP contribution in [0.15, 0.2) is 42.5 Å². The quantitative estimate of drug-likeness (QED) is 0.926. The molecule has 0 radical (unpaired) electrons. The SMILES string of the molecule is CC(OCC(N)c1ccc2ccccc2c1)C(F)(F)F. The van der Waals surface area contributed by atoms with Crippen LogP contribution in [-0.2, 0) is 4.74 Å². The van der Waals surface area contributed by atoms with E-state index in [1.54, 1.807) is 0 Å². The van der Waals surface area contributed by atoms with Crippen LogP contribution in [0.3, 0.4) is 0 Å². The lowest BCUT2D eigenvalue weighted by molar-refractivity contribution is -0.215. The molecule has 2 nitrogen and oxygen atoms in total. The van der Waals surface area contributed by atoms with Crippen molar-refractivity contribution in [3.05, 3.63) is 48.0 Å². The highest BCUT2D eigenvalue weighted by atomic mass is 19.4. The van der Waals surface area contributed by atoms with Gasteiger partial charge in [0.05, 0.1) is 12.6 Å². The molecule has 0 aliphatic carbocycles. The number of nitrogens with two attached hydrogens (primary N) is 1. The number of benzene rings is 2. The molecule has 2 atom stereocenters. The Morgan fingerprint density at radius 2 is 1.75 bits per heavy atom. The maximum absolute atomic E-state index is 12.3. The van der Waals surface area contributed by atoms with Gasteiger partial charge < -0.3 is 10.5 Å². The Bertz CT molecular complexity index is 583. The summed E-state index contributed by atoms with van der Waals surface area (Å²) >= 11 is 0. The minimum absolute atomic E-state index is 0.168. The summed E-state index contributed by atoms with van der Waals surface area (Å²) in [6.07, 6.45) is -6.17. The van der Waals surface area contributed by atoms with Crippen molar-refractivity contribution in [2.45, 2.75) is 25.2 Å². The third-order valence-corrected chi connectivity index (χ3v) is 3.19. The lowest BCUT2D eigenvalue weighted by Crippen LogP contribution is -2.31. The van der Waals surface area contributed by atoms with E-state index in [0.29, 0.717) is 0 Å². The number of fused-ring (bicyclic) bond motifs is 1. The maximum Gasteiger partial charge on any atom is 0.414 e. The topological polar surface area (TPSA) is 35.2 Å². The van der Waals surface area contributed by atoms with E-state index in [1.165, 1.54) is 0 Å². The number of hydrogen-bond donors (Lipinski definition) is 1. The van der Waals surface area contributed by atoms with E-state index >= 15 is 0 Å². The van der Waals surface area contributed by atoms with Crippen LogP contribution in [0.1, 0.15) is 18.5 Å². The Kier molecular flexibility index (Phi) is 4.30. The van der Waals surface area contributed by atoms with E-state index in [9.17, 15) is 13.2 Å². The van der Waals surface area contributed by atoms with Gasteiger partial charge >= 0.3 is 6.18 Å². The van der Waals surface area contributed by atoms with Crippen molar-refractivity contribution < 1.29 is 17.9 Å². The molecule has 2 unspecified atom stereocenters. The summed E-state index contributed by atoms with van der Waals surface area (Å²) in [6.45, 7) is 0.812. The normalized spacial score (nSPS) is 15.2. The molecular weight excluding hydrogens is 267 g/mol. The molecule has 2 rings (SSSR count). The minimum atomic E-state index is -4.36. The molecule has 20 heavy (non-hydrogen) atoms. The zero-order valence-electron chi connectivity index (χ0n) is 11.0. The number of hydrogen-bond acceptors (Lipinski definition) is 2. The summed E-state index contributed by atoms with van der Waals surface area (Å²) in [6, 6.07) is 12.7. The maximum atomic E-state index is 12.3. The van der Waals surface area contributed by atoms with E-state index in [-0.39, 0.29) is 6.61 Å². The third kappa shape index (κ3) is 3.49. The standard InChI is InChI=1S/C15H16F3NO/c1-10(15(16,17)18)20-9-14(19)13-7-6-11-4-2-3-5-12(11)8-13/h2-8,10,14H,9,19H2,1H3.